The van der Waals surface area contributed by atoms with Gasteiger partial charge in [-0.15, -0.1) is 10.2 Å². The molecule has 6 heteroatoms. The lowest BCUT2D eigenvalue weighted by atomic mass is 9.96. The van der Waals surface area contributed by atoms with Gasteiger partial charge in [0.25, 0.3) is 0 Å². The average Bonchev–Trinajstić information content (AvgIpc) is 2.77. The van der Waals surface area contributed by atoms with E-state index in [4.69, 9.17) is 0 Å². The first-order chi connectivity index (χ1) is 14.2. The van der Waals surface area contributed by atoms with Crippen LogP contribution in [0.4, 0.5) is 10.2 Å². The maximum atomic E-state index is 13.1. The number of anilines is 1. The summed E-state index contributed by atoms with van der Waals surface area (Å²) in [5, 5.41) is 11.7. The molecule has 2 aromatic rings. The molecule has 156 valence electrons. The number of nitrogens with one attached hydrogen (secondary N) is 1. The number of piperidine rings is 1. The maximum Gasteiger partial charge on any atom is 0.223 e. The van der Waals surface area contributed by atoms with Crippen LogP contribution in [0.15, 0.2) is 36.4 Å². The summed E-state index contributed by atoms with van der Waals surface area (Å²) in [6.07, 6.45) is 7.71. The third kappa shape index (κ3) is 6.24. The normalized spacial score (nSPS) is 14.8. The summed E-state index contributed by atoms with van der Waals surface area (Å²) in [6.45, 7) is 4.61. The van der Waals surface area contributed by atoms with Gasteiger partial charge in [0.15, 0.2) is 5.82 Å². The second-order valence-electron chi connectivity index (χ2n) is 7.75. The van der Waals surface area contributed by atoms with Crippen LogP contribution in [-0.4, -0.2) is 35.7 Å². The van der Waals surface area contributed by atoms with Crippen molar-refractivity contribution in [2.45, 2.75) is 51.9 Å². The standard InChI is InChI=1S/C23H31FN4O/c1-2-3-4-5-6-15-25-23(29)19-13-16-28(17-14-19)22-12-11-21(26-27-22)18-7-9-20(24)10-8-18/h7-12,19H,2-6,13-17H2,1H3,(H,25,29). The van der Waals surface area contributed by atoms with Crippen molar-refractivity contribution in [1.29, 1.82) is 0 Å². The summed E-state index contributed by atoms with van der Waals surface area (Å²) in [7, 11) is 0. The molecule has 1 fully saturated rings. The molecule has 0 radical (unpaired) electrons. The van der Waals surface area contributed by atoms with E-state index in [2.05, 4.69) is 27.3 Å². The Morgan fingerprint density at radius 3 is 2.41 bits per heavy atom. The first-order valence-electron chi connectivity index (χ1n) is 10.8. The molecule has 0 bridgehead atoms. The number of nitrogens with zero attached hydrogens (tertiary/aromatic N) is 3. The molecule has 5 nitrogen and oxygen atoms in total. The Morgan fingerprint density at radius 2 is 1.76 bits per heavy atom. The van der Waals surface area contributed by atoms with Crippen LogP contribution in [0.1, 0.15) is 51.9 Å². The molecule has 1 saturated heterocycles. The highest BCUT2D eigenvalue weighted by atomic mass is 19.1. The van der Waals surface area contributed by atoms with Gasteiger partial charge >= 0.3 is 0 Å². The van der Waals surface area contributed by atoms with Crippen LogP contribution in [0.3, 0.4) is 0 Å². The lowest BCUT2D eigenvalue weighted by Gasteiger charge is -2.31. The quantitative estimate of drug-likeness (QED) is 0.628. The van der Waals surface area contributed by atoms with Gasteiger partial charge in [0.1, 0.15) is 5.82 Å². The molecule has 0 saturated carbocycles. The Hall–Kier alpha value is -2.50. The lowest BCUT2D eigenvalue weighted by molar-refractivity contribution is -0.125. The van der Waals surface area contributed by atoms with Gasteiger partial charge < -0.3 is 10.2 Å². The van der Waals surface area contributed by atoms with Crippen molar-refractivity contribution < 1.29 is 9.18 Å². The van der Waals surface area contributed by atoms with E-state index in [1.165, 1.54) is 37.8 Å². The van der Waals surface area contributed by atoms with Crippen LogP contribution in [0, 0.1) is 11.7 Å². The molecule has 3 rings (SSSR count). The molecule has 2 heterocycles. The number of hydrogen-bond donors (Lipinski definition) is 1. The van der Waals surface area contributed by atoms with Gasteiger partial charge in [0.05, 0.1) is 5.69 Å². The van der Waals surface area contributed by atoms with Crippen molar-refractivity contribution in [2.24, 2.45) is 5.92 Å². The molecule has 1 amide bonds. The number of amides is 1. The predicted molar refractivity (Wildman–Crippen MR) is 114 cm³/mol. The Bertz CT molecular complexity index is 755. The van der Waals surface area contributed by atoms with E-state index in [0.29, 0.717) is 0 Å². The Morgan fingerprint density at radius 1 is 1.03 bits per heavy atom. The van der Waals surface area contributed by atoms with Gasteiger partial charge in [-0.2, -0.15) is 0 Å². The molecule has 1 N–H and O–H groups in total. The highest BCUT2D eigenvalue weighted by Gasteiger charge is 2.25. The summed E-state index contributed by atoms with van der Waals surface area (Å²) in [5.74, 6) is 0.846. The molecule has 1 aromatic heterocycles. The van der Waals surface area contributed by atoms with Crippen molar-refractivity contribution >= 4 is 11.7 Å². The molecule has 1 aromatic carbocycles. The van der Waals surface area contributed by atoms with Gasteiger partial charge in [-0.05, 0) is 55.7 Å². The molecular weight excluding hydrogens is 367 g/mol. The molecule has 29 heavy (non-hydrogen) atoms. The highest BCUT2D eigenvalue weighted by Crippen LogP contribution is 2.23. The number of carbonyl (C=O) groups excluding carboxylic acids is 1. The van der Waals surface area contributed by atoms with E-state index < -0.39 is 0 Å². The number of carbonyl (C=O) groups is 1. The van der Waals surface area contributed by atoms with Gasteiger partial charge in [0, 0.05) is 31.1 Å². The maximum absolute atomic E-state index is 13.1. The molecule has 0 aliphatic carbocycles. The van der Waals surface area contributed by atoms with Gasteiger partial charge in [0.2, 0.25) is 5.91 Å². The SMILES string of the molecule is CCCCCCCNC(=O)C1CCN(c2ccc(-c3ccc(F)cc3)nn2)CC1. The Kier molecular flexibility index (Phi) is 7.96. The summed E-state index contributed by atoms with van der Waals surface area (Å²) >= 11 is 0. The van der Waals surface area contributed by atoms with Crippen LogP contribution >= 0.6 is 0 Å². The van der Waals surface area contributed by atoms with Crippen LogP contribution in [-0.2, 0) is 4.79 Å². The largest absolute Gasteiger partial charge is 0.356 e. The van der Waals surface area contributed by atoms with Crippen molar-refractivity contribution in [3.8, 4) is 11.3 Å². The first kappa shape index (κ1) is 21.2. The van der Waals surface area contributed by atoms with Crippen LogP contribution in [0.5, 0.6) is 0 Å². The zero-order chi connectivity index (χ0) is 20.5. The number of aromatic nitrogens is 2. The minimum atomic E-state index is -0.262. The van der Waals surface area contributed by atoms with Gasteiger partial charge in [-0.1, -0.05) is 32.6 Å². The van der Waals surface area contributed by atoms with Gasteiger partial charge in [-0.25, -0.2) is 4.39 Å². The van der Waals surface area contributed by atoms with E-state index in [1.807, 2.05) is 12.1 Å². The Labute approximate surface area is 172 Å². The van der Waals surface area contributed by atoms with E-state index >= 15 is 0 Å². The predicted octanol–water partition coefficient (Wildman–Crippen LogP) is 4.59. The zero-order valence-corrected chi connectivity index (χ0v) is 17.2. The van der Waals surface area contributed by atoms with Crippen molar-refractivity contribution in [3.63, 3.8) is 0 Å². The first-order valence-corrected chi connectivity index (χ1v) is 10.8. The van der Waals surface area contributed by atoms with E-state index in [-0.39, 0.29) is 17.6 Å². The van der Waals surface area contributed by atoms with E-state index in [9.17, 15) is 9.18 Å². The summed E-state index contributed by atoms with van der Waals surface area (Å²) in [5.41, 5.74) is 1.57. The van der Waals surface area contributed by atoms with Crippen molar-refractivity contribution in [2.75, 3.05) is 24.5 Å². The monoisotopic (exact) mass is 398 g/mol. The molecule has 0 unspecified atom stereocenters. The van der Waals surface area contributed by atoms with E-state index in [0.717, 1.165) is 56.0 Å². The third-order valence-corrected chi connectivity index (χ3v) is 5.56. The minimum Gasteiger partial charge on any atom is -0.356 e. The zero-order valence-electron chi connectivity index (χ0n) is 17.2. The van der Waals surface area contributed by atoms with E-state index in [1.54, 1.807) is 12.1 Å². The summed E-state index contributed by atoms with van der Waals surface area (Å²) in [4.78, 5) is 14.5. The van der Waals surface area contributed by atoms with Crippen LogP contribution < -0.4 is 10.2 Å². The third-order valence-electron chi connectivity index (χ3n) is 5.56. The summed E-state index contributed by atoms with van der Waals surface area (Å²) < 4.78 is 13.1. The van der Waals surface area contributed by atoms with Crippen LogP contribution in [0.2, 0.25) is 0 Å². The number of rotatable bonds is 9. The fourth-order valence-electron chi connectivity index (χ4n) is 3.72. The summed E-state index contributed by atoms with van der Waals surface area (Å²) in [6, 6.07) is 10.1. The Balaban J connectivity index is 1.43. The van der Waals surface area contributed by atoms with Crippen LogP contribution in [0.25, 0.3) is 11.3 Å². The minimum absolute atomic E-state index is 0.0911. The van der Waals surface area contributed by atoms with Crippen molar-refractivity contribution in [3.05, 3.63) is 42.2 Å². The molecule has 1 aliphatic heterocycles. The highest BCUT2D eigenvalue weighted by molar-refractivity contribution is 5.78. The molecule has 0 atom stereocenters. The van der Waals surface area contributed by atoms with Gasteiger partial charge in [-0.3, -0.25) is 4.79 Å². The molecular formula is C23H31FN4O. The number of benzene rings is 1. The smallest absolute Gasteiger partial charge is 0.223 e. The fraction of sp³-hybridized carbons (Fsp3) is 0.522. The number of unbranched alkanes of at least 4 members (excludes halogenated alkanes) is 4. The number of halogens is 1. The second kappa shape index (κ2) is 10.9. The number of hydrogen-bond acceptors (Lipinski definition) is 4. The lowest BCUT2D eigenvalue weighted by Crippen LogP contribution is -2.41. The topological polar surface area (TPSA) is 58.1 Å². The second-order valence-corrected chi connectivity index (χ2v) is 7.75. The van der Waals surface area contributed by atoms with Crippen molar-refractivity contribution in [1.82, 2.24) is 15.5 Å². The fourth-order valence-corrected chi connectivity index (χ4v) is 3.72. The average molecular weight is 399 g/mol. The molecule has 1 aliphatic rings. The molecule has 0 spiro atoms.